The van der Waals surface area contributed by atoms with Gasteiger partial charge in [-0.15, -0.1) is 0 Å². The van der Waals surface area contributed by atoms with E-state index in [4.69, 9.17) is 4.74 Å². The normalized spacial score (nSPS) is 11.2. The van der Waals surface area contributed by atoms with Gasteiger partial charge in [0.1, 0.15) is 5.75 Å². The molecule has 0 aromatic heterocycles. The Labute approximate surface area is 166 Å². The van der Waals surface area contributed by atoms with Crippen molar-refractivity contribution in [3.8, 4) is 5.75 Å². The Morgan fingerprint density at radius 2 is 1.89 bits per heavy atom. The van der Waals surface area contributed by atoms with E-state index in [0.29, 0.717) is 24.3 Å². The highest BCUT2D eigenvalue weighted by molar-refractivity contribution is 5.95. The molecule has 0 heterocycles. The quantitative estimate of drug-likeness (QED) is 0.378. The van der Waals surface area contributed by atoms with E-state index in [2.05, 4.69) is 5.32 Å². The Morgan fingerprint density at radius 3 is 2.57 bits per heavy atom. The maximum absolute atomic E-state index is 12.7. The molecule has 0 aliphatic carbocycles. The number of nitro groups is 1. The number of anilines is 1. The summed E-state index contributed by atoms with van der Waals surface area (Å²) < 4.78 is 5.87. The molecule has 28 heavy (non-hydrogen) atoms. The Hall–Kier alpha value is -2.89. The highest BCUT2D eigenvalue weighted by Crippen LogP contribution is 2.29. The highest BCUT2D eigenvalue weighted by atomic mass is 16.6. The van der Waals surface area contributed by atoms with Crippen LogP contribution in [0.25, 0.3) is 0 Å². The maximum atomic E-state index is 12.7. The van der Waals surface area contributed by atoms with Crippen LogP contribution in [0.1, 0.15) is 43.4 Å². The summed E-state index contributed by atoms with van der Waals surface area (Å²) in [7, 11) is 0. The first kappa shape index (κ1) is 21.4. The zero-order valence-corrected chi connectivity index (χ0v) is 17.2. The minimum absolute atomic E-state index is 0.00229. The Balaban J connectivity index is 1.93. The topological polar surface area (TPSA) is 81.5 Å². The molecule has 0 spiro atoms. The van der Waals surface area contributed by atoms with Crippen LogP contribution in [-0.2, 0) is 4.79 Å². The Kier molecular flexibility index (Phi) is 6.78. The third-order valence-electron chi connectivity index (χ3n) is 4.91. The lowest BCUT2D eigenvalue weighted by Gasteiger charge is -2.24. The van der Waals surface area contributed by atoms with Gasteiger partial charge in [0.05, 0.1) is 22.8 Å². The molecular weight excluding hydrogens is 356 g/mol. The second kappa shape index (κ2) is 8.87. The van der Waals surface area contributed by atoms with Crippen LogP contribution in [0.2, 0.25) is 0 Å². The second-order valence-electron chi connectivity index (χ2n) is 7.77. The largest absolute Gasteiger partial charge is 0.493 e. The Morgan fingerprint density at radius 1 is 1.18 bits per heavy atom. The summed E-state index contributed by atoms with van der Waals surface area (Å²) in [4.78, 5) is 23.3. The number of nitrogens with zero attached hydrogens (tertiary/aromatic N) is 1. The van der Waals surface area contributed by atoms with E-state index in [0.717, 1.165) is 23.3 Å². The van der Waals surface area contributed by atoms with Crippen LogP contribution in [-0.4, -0.2) is 17.4 Å². The van der Waals surface area contributed by atoms with Crippen LogP contribution in [0.4, 0.5) is 11.4 Å². The number of benzene rings is 2. The van der Waals surface area contributed by atoms with Crippen LogP contribution in [0.3, 0.4) is 0 Å². The number of nitro benzene ring substituents is 1. The van der Waals surface area contributed by atoms with Crippen molar-refractivity contribution < 1.29 is 14.5 Å². The molecule has 2 aromatic carbocycles. The van der Waals surface area contributed by atoms with Gasteiger partial charge >= 0.3 is 0 Å². The fourth-order valence-electron chi connectivity index (χ4n) is 2.92. The van der Waals surface area contributed by atoms with E-state index in [-0.39, 0.29) is 11.6 Å². The van der Waals surface area contributed by atoms with Crippen molar-refractivity contribution in [3.05, 3.63) is 63.2 Å². The van der Waals surface area contributed by atoms with Crippen LogP contribution in [0.15, 0.2) is 36.4 Å². The first-order valence-electron chi connectivity index (χ1n) is 9.37. The minimum atomic E-state index is -0.623. The van der Waals surface area contributed by atoms with Gasteiger partial charge in [-0.25, -0.2) is 0 Å². The highest BCUT2D eigenvalue weighted by Gasteiger charge is 2.28. The van der Waals surface area contributed by atoms with Crippen molar-refractivity contribution >= 4 is 17.3 Å². The van der Waals surface area contributed by atoms with E-state index >= 15 is 0 Å². The van der Waals surface area contributed by atoms with Gasteiger partial charge in [0.25, 0.3) is 5.69 Å². The standard InChI is InChI=1S/C22H28N2O4/c1-15-10-11-16(2)20(14-15)28-13-7-12-22(4,5)21(25)23-18-8-6-9-19(17(18)3)24(26)27/h6,8-11,14H,7,12-13H2,1-5H3,(H,23,25). The van der Waals surface area contributed by atoms with Gasteiger partial charge in [0, 0.05) is 11.5 Å². The number of nitrogens with one attached hydrogen (secondary N) is 1. The molecule has 0 unspecified atom stereocenters. The van der Waals surface area contributed by atoms with Gasteiger partial charge in [0.2, 0.25) is 5.91 Å². The molecule has 150 valence electrons. The molecule has 0 atom stereocenters. The zero-order valence-electron chi connectivity index (χ0n) is 17.2. The maximum Gasteiger partial charge on any atom is 0.274 e. The SMILES string of the molecule is Cc1ccc(C)c(OCCCC(C)(C)C(=O)Nc2cccc([N+](=O)[O-])c2C)c1. The molecule has 0 bridgehead atoms. The van der Waals surface area contributed by atoms with Gasteiger partial charge in [-0.2, -0.15) is 0 Å². The minimum Gasteiger partial charge on any atom is -0.493 e. The zero-order chi connectivity index (χ0) is 20.9. The smallest absolute Gasteiger partial charge is 0.274 e. The lowest BCUT2D eigenvalue weighted by atomic mass is 9.86. The molecule has 0 radical (unpaired) electrons. The van der Waals surface area contributed by atoms with E-state index in [9.17, 15) is 14.9 Å². The number of amides is 1. The monoisotopic (exact) mass is 384 g/mol. The summed E-state index contributed by atoms with van der Waals surface area (Å²) in [6.45, 7) is 9.93. The number of hydrogen-bond acceptors (Lipinski definition) is 4. The third kappa shape index (κ3) is 5.31. The number of rotatable bonds is 8. The molecule has 1 amide bonds. The number of aryl methyl sites for hydroxylation is 2. The lowest BCUT2D eigenvalue weighted by molar-refractivity contribution is -0.385. The lowest BCUT2D eigenvalue weighted by Crippen LogP contribution is -2.31. The van der Waals surface area contributed by atoms with Crippen molar-refractivity contribution in [1.29, 1.82) is 0 Å². The summed E-state index contributed by atoms with van der Waals surface area (Å²) in [6.07, 6.45) is 1.36. The summed E-state index contributed by atoms with van der Waals surface area (Å²) in [5.74, 6) is 0.706. The number of ether oxygens (including phenoxy) is 1. The molecule has 1 N–H and O–H groups in total. The van der Waals surface area contributed by atoms with Crippen molar-refractivity contribution in [2.24, 2.45) is 5.41 Å². The molecule has 0 aliphatic heterocycles. The number of hydrogen-bond donors (Lipinski definition) is 1. The molecule has 0 aliphatic rings. The summed E-state index contributed by atoms with van der Waals surface area (Å²) >= 11 is 0. The molecule has 0 saturated carbocycles. The van der Waals surface area contributed by atoms with Crippen molar-refractivity contribution in [1.82, 2.24) is 0 Å². The molecular formula is C22H28N2O4. The second-order valence-corrected chi connectivity index (χ2v) is 7.77. The van der Waals surface area contributed by atoms with E-state index in [1.165, 1.54) is 6.07 Å². The van der Waals surface area contributed by atoms with Crippen molar-refractivity contribution in [3.63, 3.8) is 0 Å². The average Bonchev–Trinajstić information content (AvgIpc) is 2.62. The predicted octanol–water partition coefficient (Wildman–Crippen LogP) is 5.34. The summed E-state index contributed by atoms with van der Waals surface area (Å²) in [5, 5.41) is 13.9. The summed E-state index contributed by atoms with van der Waals surface area (Å²) in [5.41, 5.74) is 2.53. The average molecular weight is 384 g/mol. The fraction of sp³-hybridized carbons (Fsp3) is 0.409. The van der Waals surface area contributed by atoms with Crippen molar-refractivity contribution in [2.75, 3.05) is 11.9 Å². The van der Waals surface area contributed by atoms with Crippen LogP contribution >= 0.6 is 0 Å². The van der Waals surface area contributed by atoms with Crippen LogP contribution < -0.4 is 10.1 Å². The molecule has 2 aromatic rings. The molecule has 6 nitrogen and oxygen atoms in total. The molecule has 0 saturated heterocycles. The molecule has 0 fully saturated rings. The van der Waals surface area contributed by atoms with E-state index < -0.39 is 10.3 Å². The fourth-order valence-corrected chi connectivity index (χ4v) is 2.92. The third-order valence-corrected chi connectivity index (χ3v) is 4.91. The predicted molar refractivity (Wildman–Crippen MR) is 111 cm³/mol. The van der Waals surface area contributed by atoms with E-state index in [1.54, 1.807) is 19.1 Å². The number of carbonyl (C=O) groups excluding carboxylic acids is 1. The first-order chi connectivity index (χ1) is 13.1. The van der Waals surface area contributed by atoms with Gasteiger partial charge in [-0.3, -0.25) is 14.9 Å². The molecule has 2 rings (SSSR count). The summed E-state index contributed by atoms with van der Waals surface area (Å²) in [6, 6.07) is 10.8. The van der Waals surface area contributed by atoms with Gasteiger partial charge < -0.3 is 10.1 Å². The van der Waals surface area contributed by atoms with Gasteiger partial charge in [0.15, 0.2) is 0 Å². The van der Waals surface area contributed by atoms with Crippen LogP contribution in [0, 0.1) is 36.3 Å². The first-order valence-corrected chi connectivity index (χ1v) is 9.37. The van der Waals surface area contributed by atoms with Crippen LogP contribution in [0.5, 0.6) is 5.75 Å². The van der Waals surface area contributed by atoms with E-state index in [1.807, 2.05) is 45.9 Å². The Bertz CT molecular complexity index is 875. The van der Waals surface area contributed by atoms with Gasteiger partial charge in [-0.1, -0.05) is 32.0 Å². The van der Waals surface area contributed by atoms with Gasteiger partial charge in [-0.05, 0) is 56.9 Å². The number of carbonyl (C=O) groups is 1. The van der Waals surface area contributed by atoms with Crippen molar-refractivity contribution in [2.45, 2.75) is 47.5 Å². The molecule has 6 heteroatoms.